The lowest BCUT2D eigenvalue weighted by molar-refractivity contribution is -0.121. The molecule has 1 amide bonds. The molecular weight excluding hydrogens is 336 g/mol. The predicted molar refractivity (Wildman–Crippen MR) is 111 cm³/mol. The van der Waals surface area contributed by atoms with Crippen LogP contribution in [0.5, 0.6) is 0 Å². The van der Waals surface area contributed by atoms with Gasteiger partial charge in [0.25, 0.3) is 0 Å². The molecule has 1 heterocycles. The van der Waals surface area contributed by atoms with E-state index in [1.807, 2.05) is 41.8 Å². The van der Waals surface area contributed by atoms with E-state index in [4.69, 9.17) is 0 Å². The van der Waals surface area contributed by atoms with Gasteiger partial charge in [-0.25, -0.2) is 4.98 Å². The quantitative estimate of drug-likeness (QED) is 0.751. The number of amides is 1. The number of para-hydroxylation sites is 1. The number of aromatic nitrogens is 2. The van der Waals surface area contributed by atoms with Crippen molar-refractivity contribution in [3.63, 3.8) is 0 Å². The van der Waals surface area contributed by atoms with Gasteiger partial charge in [0.2, 0.25) is 5.91 Å². The number of carbonyl (C=O) groups excluding carboxylic acids is 1. The van der Waals surface area contributed by atoms with E-state index in [0.29, 0.717) is 6.54 Å². The number of anilines is 1. The van der Waals surface area contributed by atoms with E-state index >= 15 is 0 Å². The van der Waals surface area contributed by atoms with Crippen LogP contribution in [0.25, 0.3) is 11.0 Å². The second-order valence-electron chi connectivity index (χ2n) is 8.14. The summed E-state index contributed by atoms with van der Waals surface area (Å²) >= 11 is 0. The molecule has 5 nitrogen and oxygen atoms in total. The van der Waals surface area contributed by atoms with Crippen LogP contribution in [0.2, 0.25) is 0 Å². The van der Waals surface area contributed by atoms with Gasteiger partial charge in [0.15, 0.2) is 0 Å². The zero-order chi connectivity index (χ0) is 19.6. The Kier molecular flexibility index (Phi) is 5.22. The maximum atomic E-state index is 12.5. The minimum Gasteiger partial charge on any atom is -0.376 e. The Morgan fingerprint density at radius 1 is 1.11 bits per heavy atom. The van der Waals surface area contributed by atoms with E-state index in [1.165, 1.54) is 5.56 Å². The summed E-state index contributed by atoms with van der Waals surface area (Å²) in [6.07, 6.45) is 1.73. The molecule has 0 aliphatic rings. The van der Waals surface area contributed by atoms with Gasteiger partial charge in [-0.15, -0.1) is 0 Å². The second kappa shape index (κ2) is 7.43. The number of nitrogens with zero attached hydrogens (tertiary/aromatic N) is 3. The Bertz CT molecular complexity index is 933. The highest BCUT2D eigenvalue weighted by molar-refractivity contribution is 5.90. The summed E-state index contributed by atoms with van der Waals surface area (Å²) in [5, 5.41) is 3.01. The van der Waals surface area contributed by atoms with Crippen molar-refractivity contribution in [3.8, 4) is 0 Å². The Balaban J connectivity index is 1.67. The monoisotopic (exact) mass is 364 g/mol. The van der Waals surface area contributed by atoms with Crippen molar-refractivity contribution in [1.29, 1.82) is 0 Å². The van der Waals surface area contributed by atoms with Crippen molar-refractivity contribution in [1.82, 2.24) is 14.9 Å². The van der Waals surface area contributed by atoms with E-state index < -0.39 is 0 Å². The number of imidazole rings is 1. The van der Waals surface area contributed by atoms with Crippen molar-refractivity contribution in [2.24, 2.45) is 0 Å². The first-order chi connectivity index (χ1) is 12.8. The summed E-state index contributed by atoms with van der Waals surface area (Å²) in [7, 11) is 3.99. The number of nitrogens with one attached hydrogen (secondary N) is 1. The number of hydrogen-bond donors (Lipinski definition) is 1. The Morgan fingerprint density at radius 3 is 2.44 bits per heavy atom. The molecule has 0 saturated carbocycles. The maximum Gasteiger partial charge on any atom is 0.240 e. The van der Waals surface area contributed by atoms with E-state index in [2.05, 4.69) is 55.3 Å². The molecule has 5 heteroatoms. The third-order valence-corrected chi connectivity index (χ3v) is 4.72. The molecule has 1 N–H and O–H groups in total. The Morgan fingerprint density at radius 2 is 1.81 bits per heavy atom. The fourth-order valence-electron chi connectivity index (χ4n) is 3.12. The highest BCUT2D eigenvalue weighted by Gasteiger charge is 2.14. The van der Waals surface area contributed by atoms with E-state index in [1.54, 1.807) is 6.33 Å². The van der Waals surface area contributed by atoms with Crippen LogP contribution < -0.4 is 10.2 Å². The smallest absolute Gasteiger partial charge is 0.240 e. The molecule has 0 bridgehead atoms. The van der Waals surface area contributed by atoms with Crippen LogP contribution in [-0.4, -0.2) is 29.6 Å². The molecule has 1 aromatic heterocycles. The van der Waals surface area contributed by atoms with Crippen LogP contribution in [0.3, 0.4) is 0 Å². The topological polar surface area (TPSA) is 50.2 Å². The highest BCUT2D eigenvalue weighted by Crippen LogP contribution is 2.25. The van der Waals surface area contributed by atoms with Crippen molar-refractivity contribution in [3.05, 3.63) is 59.9 Å². The molecule has 0 aliphatic heterocycles. The first-order valence-corrected chi connectivity index (χ1v) is 9.23. The summed E-state index contributed by atoms with van der Waals surface area (Å²) in [4.78, 5) is 18.9. The first-order valence-electron chi connectivity index (χ1n) is 9.23. The molecule has 0 unspecified atom stereocenters. The normalized spacial score (nSPS) is 11.6. The molecular formula is C22H28N4O. The predicted octanol–water partition coefficient (Wildman–Crippen LogP) is 3.72. The standard InChI is InChI=1S/C22H28N4O/c1-22(2,3)17-11-9-16(10-12-17)13-23-20(27)14-26-15-24-18-7-6-8-19(21(18)26)25(4)5/h6-12,15H,13-14H2,1-5H3,(H,23,27). The van der Waals surface area contributed by atoms with Gasteiger partial charge in [-0.1, -0.05) is 51.1 Å². The highest BCUT2D eigenvalue weighted by atomic mass is 16.1. The van der Waals surface area contributed by atoms with Gasteiger partial charge in [-0.2, -0.15) is 0 Å². The molecule has 3 rings (SSSR count). The molecule has 27 heavy (non-hydrogen) atoms. The lowest BCUT2D eigenvalue weighted by Gasteiger charge is -2.19. The summed E-state index contributed by atoms with van der Waals surface area (Å²) in [5.41, 5.74) is 5.45. The van der Waals surface area contributed by atoms with E-state index in [9.17, 15) is 4.79 Å². The minimum atomic E-state index is -0.0252. The molecule has 0 spiro atoms. The SMILES string of the molecule is CN(C)c1cccc2ncn(CC(=O)NCc3ccc(C(C)(C)C)cc3)c12. The fourth-order valence-corrected chi connectivity index (χ4v) is 3.12. The maximum absolute atomic E-state index is 12.5. The molecule has 0 saturated heterocycles. The van der Waals surface area contributed by atoms with Gasteiger partial charge < -0.3 is 14.8 Å². The van der Waals surface area contributed by atoms with Gasteiger partial charge in [0, 0.05) is 20.6 Å². The number of rotatable bonds is 5. The third kappa shape index (κ3) is 4.30. The van der Waals surface area contributed by atoms with Crippen molar-refractivity contribution >= 4 is 22.6 Å². The lowest BCUT2D eigenvalue weighted by atomic mass is 9.87. The zero-order valence-corrected chi connectivity index (χ0v) is 16.8. The molecule has 142 valence electrons. The van der Waals surface area contributed by atoms with E-state index in [-0.39, 0.29) is 17.9 Å². The Hall–Kier alpha value is -2.82. The number of benzene rings is 2. The second-order valence-corrected chi connectivity index (χ2v) is 8.14. The molecule has 0 atom stereocenters. The van der Waals surface area contributed by atoms with Gasteiger partial charge in [0.05, 0.1) is 23.0 Å². The summed E-state index contributed by atoms with van der Waals surface area (Å²) in [6.45, 7) is 7.36. The zero-order valence-electron chi connectivity index (χ0n) is 16.8. The van der Waals surface area contributed by atoms with Crippen LogP contribution in [0.15, 0.2) is 48.8 Å². The van der Waals surface area contributed by atoms with Crippen LogP contribution in [0.4, 0.5) is 5.69 Å². The van der Waals surface area contributed by atoms with Crippen molar-refractivity contribution < 1.29 is 4.79 Å². The van der Waals surface area contributed by atoms with Crippen molar-refractivity contribution in [2.45, 2.75) is 39.3 Å². The fraction of sp³-hybridized carbons (Fsp3) is 0.364. The van der Waals surface area contributed by atoms with Gasteiger partial charge in [0.1, 0.15) is 6.54 Å². The third-order valence-electron chi connectivity index (χ3n) is 4.72. The minimum absolute atomic E-state index is 0.0252. The number of hydrogen-bond acceptors (Lipinski definition) is 3. The van der Waals surface area contributed by atoms with Crippen LogP contribution >= 0.6 is 0 Å². The van der Waals surface area contributed by atoms with Crippen LogP contribution in [0, 0.1) is 0 Å². The van der Waals surface area contributed by atoms with Crippen molar-refractivity contribution in [2.75, 3.05) is 19.0 Å². The van der Waals surface area contributed by atoms with Crippen LogP contribution in [-0.2, 0) is 23.3 Å². The average Bonchev–Trinajstić information content (AvgIpc) is 3.02. The summed E-state index contributed by atoms with van der Waals surface area (Å²) in [5.74, 6) is -0.0252. The lowest BCUT2D eigenvalue weighted by Crippen LogP contribution is -2.27. The molecule has 0 radical (unpaired) electrons. The summed E-state index contributed by atoms with van der Waals surface area (Å²) in [6, 6.07) is 14.4. The van der Waals surface area contributed by atoms with Crippen LogP contribution in [0.1, 0.15) is 31.9 Å². The number of carbonyl (C=O) groups is 1. The Labute approximate surface area is 161 Å². The molecule has 3 aromatic rings. The summed E-state index contributed by atoms with van der Waals surface area (Å²) < 4.78 is 1.91. The van der Waals surface area contributed by atoms with E-state index in [0.717, 1.165) is 22.3 Å². The molecule has 0 aliphatic carbocycles. The van der Waals surface area contributed by atoms with Gasteiger partial charge in [-0.3, -0.25) is 4.79 Å². The number of fused-ring (bicyclic) bond motifs is 1. The largest absolute Gasteiger partial charge is 0.376 e. The average molecular weight is 364 g/mol. The van der Waals surface area contributed by atoms with Gasteiger partial charge in [-0.05, 0) is 28.7 Å². The molecule has 2 aromatic carbocycles. The van der Waals surface area contributed by atoms with Gasteiger partial charge >= 0.3 is 0 Å². The first kappa shape index (κ1) is 19.0. The molecule has 0 fully saturated rings.